The first-order valence-corrected chi connectivity index (χ1v) is 16.6. The number of esters is 1. The Balaban J connectivity index is 1.51. The number of carbonyl (C=O) groups excluding carboxylic acids is 1. The number of rotatable bonds is 7. The Labute approximate surface area is 275 Å². The summed E-state index contributed by atoms with van der Waals surface area (Å²) in [5.41, 5.74) is 2.49. The van der Waals surface area contributed by atoms with E-state index < -0.39 is 12.0 Å². The highest BCUT2D eigenvalue weighted by Crippen LogP contribution is 2.34. The summed E-state index contributed by atoms with van der Waals surface area (Å²) in [5, 5.41) is 2.91. The van der Waals surface area contributed by atoms with Crippen molar-refractivity contribution in [1.82, 2.24) is 4.57 Å². The van der Waals surface area contributed by atoms with E-state index in [9.17, 15) is 9.59 Å². The van der Waals surface area contributed by atoms with E-state index in [4.69, 9.17) is 32.7 Å². The van der Waals surface area contributed by atoms with Crippen LogP contribution in [-0.2, 0) is 16.1 Å². The van der Waals surface area contributed by atoms with Crippen LogP contribution in [0.4, 0.5) is 0 Å². The van der Waals surface area contributed by atoms with E-state index in [0.29, 0.717) is 37.3 Å². The molecule has 5 rings (SSSR count). The Morgan fingerprint density at radius 1 is 1.15 bits per heavy atom. The lowest BCUT2D eigenvalue weighted by Gasteiger charge is -2.23. The molecule has 12 heteroatoms. The predicted molar refractivity (Wildman–Crippen MR) is 177 cm³/mol. The second kappa shape index (κ2) is 12.7. The van der Waals surface area contributed by atoms with Crippen molar-refractivity contribution in [3.8, 4) is 5.75 Å². The number of hydrogen-bond acceptors (Lipinski definition) is 7. The third kappa shape index (κ3) is 6.07. The van der Waals surface area contributed by atoms with Gasteiger partial charge in [-0.25, -0.2) is 9.79 Å². The lowest BCUT2D eigenvalue weighted by Crippen LogP contribution is -2.39. The van der Waals surface area contributed by atoms with E-state index >= 15 is 0 Å². The average Bonchev–Trinajstić information content (AvgIpc) is 3.53. The van der Waals surface area contributed by atoms with Crippen LogP contribution in [-0.4, -0.2) is 17.1 Å². The van der Waals surface area contributed by atoms with Gasteiger partial charge >= 0.3 is 5.97 Å². The van der Waals surface area contributed by atoms with E-state index in [1.807, 2.05) is 41.8 Å². The van der Waals surface area contributed by atoms with E-state index in [2.05, 4.69) is 50.2 Å². The number of halogens is 4. The van der Waals surface area contributed by atoms with Crippen LogP contribution >= 0.6 is 91.1 Å². The zero-order chi connectivity index (χ0) is 28.6. The van der Waals surface area contributed by atoms with Gasteiger partial charge in [-0.1, -0.05) is 46.7 Å². The third-order valence-electron chi connectivity index (χ3n) is 6.02. The number of allylic oxidation sites excluding steroid dienone is 1. The summed E-state index contributed by atoms with van der Waals surface area (Å²) in [6.45, 7) is 4.12. The molecule has 0 bridgehead atoms. The standard InChI is InChI=1S/C28H20Cl2I2N2O4S2/c1-3-37-27(36)23-14(2)33-28-34(24(23)21-5-4-8-39-21)26(35)22(40-28)12-16-10-19(31)25(20(32)11-16)38-13-15-6-7-17(29)18(30)9-15/h4-12,24H,3,13H2,1-2H3/b22-12-/t24-/m1/s1. The molecule has 0 amide bonds. The van der Waals surface area contributed by atoms with Gasteiger partial charge in [-0.15, -0.1) is 11.3 Å². The van der Waals surface area contributed by atoms with E-state index in [-0.39, 0.29) is 12.2 Å². The van der Waals surface area contributed by atoms with Gasteiger partial charge in [0.25, 0.3) is 5.56 Å². The van der Waals surface area contributed by atoms with Gasteiger partial charge in [0.15, 0.2) is 4.80 Å². The molecule has 0 saturated heterocycles. The monoisotopic (exact) mass is 836 g/mol. The molecular formula is C28H20Cl2I2N2O4S2. The predicted octanol–water partition coefficient (Wildman–Crippen LogP) is 6.95. The van der Waals surface area contributed by atoms with Gasteiger partial charge in [0.1, 0.15) is 18.4 Å². The number of nitrogens with zero attached hydrogens (tertiary/aromatic N) is 2. The zero-order valence-corrected chi connectivity index (χ0v) is 28.5. The molecule has 3 heterocycles. The normalized spacial score (nSPS) is 15.2. The Morgan fingerprint density at radius 2 is 1.90 bits per heavy atom. The van der Waals surface area contributed by atoms with Crippen LogP contribution in [0, 0.1) is 7.14 Å². The Bertz CT molecular complexity index is 1810. The second-order valence-electron chi connectivity index (χ2n) is 8.67. The van der Waals surface area contributed by atoms with Crippen molar-refractivity contribution in [2.45, 2.75) is 26.5 Å². The van der Waals surface area contributed by atoms with Gasteiger partial charge in [-0.3, -0.25) is 9.36 Å². The lowest BCUT2D eigenvalue weighted by molar-refractivity contribution is -0.139. The van der Waals surface area contributed by atoms with Gasteiger partial charge in [0.05, 0.1) is 39.6 Å². The molecule has 1 aliphatic rings. The fraction of sp³-hybridized carbons (Fsp3) is 0.179. The summed E-state index contributed by atoms with van der Waals surface area (Å²) in [4.78, 5) is 32.8. The van der Waals surface area contributed by atoms with Gasteiger partial charge in [-0.2, -0.15) is 0 Å². The number of hydrogen-bond donors (Lipinski definition) is 0. The highest BCUT2D eigenvalue weighted by atomic mass is 127. The molecule has 206 valence electrons. The van der Waals surface area contributed by atoms with E-state index in [1.165, 1.54) is 22.7 Å². The Kier molecular flexibility index (Phi) is 9.42. The summed E-state index contributed by atoms with van der Waals surface area (Å²) in [6.07, 6.45) is 1.85. The quantitative estimate of drug-likeness (QED) is 0.149. The molecule has 2 aromatic heterocycles. The maximum absolute atomic E-state index is 13.8. The summed E-state index contributed by atoms with van der Waals surface area (Å²) in [5.74, 6) is 0.287. The second-order valence-corrected chi connectivity index (χ2v) is 13.8. The molecule has 0 saturated carbocycles. The molecule has 2 aromatic carbocycles. The molecule has 0 unspecified atom stereocenters. The highest BCUT2D eigenvalue weighted by Gasteiger charge is 2.33. The topological polar surface area (TPSA) is 69.9 Å². The maximum atomic E-state index is 13.8. The smallest absolute Gasteiger partial charge is 0.338 e. The number of fused-ring (bicyclic) bond motifs is 1. The van der Waals surface area contributed by atoms with Crippen molar-refractivity contribution in [2.24, 2.45) is 4.99 Å². The molecule has 4 aromatic rings. The number of thiophene rings is 1. The highest BCUT2D eigenvalue weighted by molar-refractivity contribution is 14.1. The average molecular weight is 837 g/mol. The van der Waals surface area contributed by atoms with Crippen LogP contribution in [0.2, 0.25) is 10.0 Å². The minimum atomic E-state index is -0.588. The molecule has 0 fully saturated rings. The SMILES string of the molecule is CCOC(=O)C1=C(C)N=c2s/c(=C\c3cc(I)c(OCc4ccc(Cl)c(Cl)c4)c(I)c3)c(=O)n2[C@@H]1c1cccs1. The van der Waals surface area contributed by atoms with Crippen LogP contribution in [0.5, 0.6) is 5.75 Å². The van der Waals surface area contributed by atoms with Crippen molar-refractivity contribution in [3.63, 3.8) is 0 Å². The molecule has 1 aliphatic heterocycles. The van der Waals surface area contributed by atoms with E-state index in [1.54, 1.807) is 30.5 Å². The Hall–Kier alpha value is -1.71. The maximum Gasteiger partial charge on any atom is 0.338 e. The van der Waals surface area contributed by atoms with Gasteiger partial charge < -0.3 is 9.47 Å². The molecule has 40 heavy (non-hydrogen) atoms. The molecule has 0 N–H and O–H groups in total. The number of thiazole rings is 1. The number of carbonyl (C=O) groups is 1. The molecule has 1 atom stereocenters. The van der Waals surface area contributed by atoms with Gasteiger partial charge in [0, 0.05) is 4.88 Å². The Morgan fingerprint density at radius 3 is 2.55 bits per heavy atom. The van der Waals surface area contributed by atoms with Gasteiger partial charge in [-0.05, 0) is 112 Å². The van der Waals surface area contributed by atoms with Crippen molar-refractivity contribution >= 4 is 103 Å². The summed E-state index contributed by atoms with van der Waals surface area (Å²) >= 11 is 19.4. The van der Waals surface area contributed by atoms with Crippen molar-refractivity contribution in [2.75, 3.05) is 6.61 Å². The zero-order valence-electron chi connectivity index (χ0n) is 21.0. The van der Waals surface area contributed by atoms with Crippen LogP contribution in [0.15, 0.2) is 68.9 Å². The number of ether oxygens (including phenoxy) is 2. The first kappa shape index (κ1) is 29.8. The fourth-order valence-electron chi connectivity index (χ4n) is 4.24. The van der Waals surface area contributed by atoms with Crippen molar-refractivity contribution in [1.29, 1.82) is 0 Å². The minimum Gasteiger partial charge on any atom is -0.487 e. The van der Waals surface area contributed by atoms with Crippen molar-refractivity contribution in [3.05, 3.63) is 112 Å². The summed E-state index contributed by atoms with van der Waals surface area (Å²) < 4.78 is 15.4. The minimum absolute atomic E-state index is 0.207. The first-order valence-electron chi connectivity index (χ1n) is 12.0. The van der Waals surface area contributed by atoms with Crippen LogP contribution in [0.1, 0.15) is 35.9 Å². The van der Waals surface area contributed by atoms with E-state index in [0.717, 1.165) is 28.9 Å². The summed E-state index contributed by atoms with van der Waals surface area (Å²) in [7, 11) is 0. The summed E-state index contributed by atoms with van der Waals surface area (Å²) in [6, 6.07) is 12.6. The third-order valence-corrected chi connectivity index (χ3v) is 10.3. The van der Waals surface area contributed by atoms with Crippen LogP contribution in [0.3, 0.4) is 0 Å². The molecule has 6 nitrogen and oxygen atoms in total. The number of benzene rings is 2. The first-order chi connectivity index (χ1) is 19.2. The molecule has 0 radical (unpaired) electrons. The molecule has 0 aliphatic carbocycles. The van der Waals surface area contributed by atoms with Crippen LogP contribution < -0.4 is 19.6 Å². The van der Waals surface area contributed by atoms with Crippen LogP contribution in [0.25, 0.3) is 6.08 Å². The molecular weight excluding hydrogens is 817 g/mol. The molecule has 0 spiro atoms. The largest absolute Gasteiger partial charge is 0.487 e. The number of aromatic nitrogens is 1. The lowest BCUT2D eigenvalue weighted by atomic mass is 10.0. The fourth-order valence-corrected chi connectivity index (χ4v) is 8.56. The van der Waals surface area contributed by atoms with Crippen molar-refractivity contribution < 1.29 is 14.3 Å². The van der Waals surface area contributed by atoms with Gasteiger partial charge in [0.2, 0.25) is 0 Å².